The molecule has 0 saturated heterocycles. The first-order valence-electron chi connectivity index (χ1n) is 6.95. The van der Waals surface area contributed by atoms with E-state index >= 15 is 0 Å². The number of thioether (sulfide) groups is 1. The lowest BCUT2D eigenvalue weighted by Crippen LogP contribution is -2.10. The highest BCUT2D eigenvalue weighted by molar-refractivity contribution is 8.00. The van der Waals surface area contributed by atoms with Gasteiger partial charge in [0.25, 0.3) is 0 Å². The van der Waals surface area contributed by atoms with Crippen molar-refractivity contribution in [3.63, 3.8) is 0 Å². The number of rotatable bonds is 5. The number of hydrogen-bond acceptors (Lipinski definition) is 4. The molecule has 1 saturated carbocycles. The van der Waals surface area contributed by atoms with Gasteiger partial charge in [-0.2, -0.15) is 0 Å². The maximum absolute atomic E-state index is 14.0. The van der Waals surface area contributed by atoms with Crippen LogP contribution < -0.4 is 0 Å². The van der Waals surface area contributed by atoms with E-state index < -0.39 is 0 Å². The van der Waals surface area contributed by atoms with Gasteiger partial charge in [-0.15, -0.1) is 10.2 Å². The molecule has 4 nitrogen and oxygen atoms in total. The average molecular weight is 305 g/mol. The smallest absolute Gasteiger partial charge is 0.192 e. The number of nitrogens with zero attached hydrogens (tertiary/aromatic N) is 3. The van der Waals surface area contributed by atoms with Crippen molar-refractivity contribution in [3.05, 3.63) is 30.1 Å². The SMILES string of the molecule is CC(=O)[C@H](C)Sc1nnc(-c2ccccc2F)n1C1CC1. The van der Waals surface area contributed by atoms with Crippen molar-refractivity contribution in [2.24, 2.45) is 0 Å². The van der Waals surface area contributed by atoms with E-state index in [0.717, 1.165) is 12.8 Å². The minimum atomic E-state index is -0.303. The summed E-state index contributed by atoms with van der Waals surface area (Å²) in [7, 11) is 0. The van der Waals surface area contributed by atoms with Gasteiger partial charge in [0.05, 0.1) is 10.8 Å². The second-order valence-electron chi connectivity index (χ2n) is 5.26. The Morgan fingerprint density at radius 2 is 2.10 bits per heavy atom. The van der Waals surface area contributed by atoms with Crippen molar-refractivity contribution in [1.82, 2.24) is 14.8 Å². The third-order valence-electron chi connectivity index (χ3n) is 3.55. The summed E-state index contributed by atoms with van der Waals surface area (Å²) in [5, 5.41) is 8.85. The van der Waals surface area contributed by atoms with Crippen molar-refractivity contribution in [3.8, 4) is 11.4 Å². The highest BCUT2D eigenvalue weighted by Crippen LogP contribution is 2.42. The molecule has 0 amide bonds. The van der Waals surface area contributed by atoms with Crippen LogP contribution in [0.15, 0.2) is 29.4 Å². The number of ketones is 1. The number of benzene rings is 1. The van der Waals surface area contributed by atoms with Crippen LogP contribution in [0, 0.1) is 5.82 Å². The second kappa shape index (κ2) is 5.60. The first-order chi connectivity index (χ1) is 10.1. The Hall–Kier alpha value is -1.69. The normalized spacial score (nSPS) is 16.0. The predicted octanol–water partition coefficient (Wildman–Crippen LogP) is 3.49. The Bertz CT molecular complexity index is 681. The molecule has 110 valence electrons. The van der Waals surface area contributed by atoms with Crippen LogP contribution in [-0.2, 0) is 4.79 Å². The molecule has 0 radical (unpaired) electrons. The lowest BCUT2D eigenvalue weighted by molar-refractivity contribution is -0.116. The summed E-state index contributed by atoms with van der Waals surface area (Å²) in [6.45, 7) is 3.41. The van der Waals surface area contributed by atoms with E-state index in [1.165, 1.54) is 17.8 Å². The molecule has 21 heavy (non-hydrogen) atoms. The molecule has 1 fully saturated rings. The molecular formula is C15H16FN3OS. The Balaban J connectivity index is 2.01. The molecule has 1 aliphatic rings. The van der Waals surface area contributed by atoms with Gasteiger partial charge in [0.2, 0.25) is 0 Å². The molecule has 1 aromatic carbocycles. The van der Waals surface area contributed by atoms with Crippen LogP contribution in [-0.4, -0.2) is 25.8 Å². The molecule has 1 aromatic heterocycles. The van der Waals surface area contributed by atoms with Crippen molar-refractivity contribution < 1.29 is 9.18 Å². The zero-order chi connectivity index (χ0) is 15.0. The van der Waals surface area contributed by atoms with Crippen molar-refractivity contribution in [1.29, 1.82) is 0 Å². The third-order valence-corrected chi connectivity index (χ3v) is 4.72. The van der Waals surface area contributed by atoms with Crippen LogP contribution in [0.3, 0.4) is 0 Å². The number of carbonyl (C=O) groups is 1. The van der Waals surface area contributed by atoms with Gasteiger partial charge in [0.15, 0.2) is 11.0 Å². The molecule has 1 aliphatic carbocycles. The monoisotopic (exact) mass is 305 g/mol. The van der Waals surface area contributed by atoms with Gasteiger partial charge in [-0.25, -0.2) is 4.39 Å². The van der Waals surface area contributed by atoms with Gasteiger partial charge in [-0.1, -0.05) is 23.9 Å². The zero-order valence-electron chi connectivity index (χ0n) is 11.9. The molecule has 0 bridgehead atoms. The third kappa shape index (κ3) is 2.85. The van der Waals surface area contributed by atoms with Gasteiger partial charge in [0, 0.05) is 6.04 Å². The molecule has 3 rings (SSSR count). The van der Waals surface area contributed by atoms with Gasteiger partial charge in [-0.3, -0.25) is 9.36 Å². The Morgan fingerprint density at radius 3 is 2.71 bits per heavy atom. The van der Waals surface area contributed by atoms with Crippen LogP contribution >= 0.6 is 11.8 Å². The summed E-state index contributed by atoms with van der Waals surface area (Å²) in [5.41, 5.74) is 0.458. The van der Waals surface area contributed by atoms with Crippen LogP contribution in [0.2, 0.25) is 0 Å². The summed E-state index contributed by atoms with van der Waals surface area (Å²) in [5.74, 6) is 0.342. The molecule has 1 heterocycles. The molecule has 0 aliphatic heterocycles. The Labute approximate surface area is 126 Å². The zero-order valence-corrected chi connectivity index (χ0v) is 12.7. The maximum Gasteiger partial charge on any atom is 0.192 e. The van der Waals surface area contributed by atoms with Crippen LogP contribution in [0.25, 0.3) is 11.4 Å². The first-order valence-corrected chi connectivity index (χ1v) is 7.83. The summed E-state index contributed by atoms with van der Waals surface area (Å²) in [4.78, 5) is 11.4. The van der Waals surface area contributed by atoms with Gasteiger partial charge in [0.1, 0.15) is 11.6 Å². The highest BCUT2D eigenvalue weighted by atomic mass is 32.2. The fraction of sp³-hybridized carbons (Fsp3) is 0.400. The number of halogens is 1. The number of hydrogen-bond donors (Lipinski definition) is 0. The number of carbonyl (C=O) groups excluding carboxylic acids is 1. The van der Waals surface area contributed by atoms with E-state index in [4.69, 9.17) is 0 Å². The van der Waals surface area contributed by atoms with Gasteiger partial charge in [-0.05, 0) is 38.8 Å². The van der Waals surface area contributed by atoms with E-state index in [2.05, 4.69) is 10.2 Å². The van der Waals surface area contributed by atoms with Gasteiger partial charge < -0.3 is 0 Å². The standard InChI is InChI=1S/C15H16FN3OS/c1-9(20)10(2)21-15-18-17-14(19(15)11-7-8-11)12-5-3-4-6-13(12)16/h3-6,10-11H,7-8H2,1-2H3/t10-/m0/s1. The molecule has 2 aromatic rings. The molecule has 1 atom stereocenters. The quantitative estimate of drug-likeness (QED) is 0.793. The van der Waals surface area contributed by atoms with Crippen molar-refractivity contribution in [2.45, 2.75) is 43.1 Å². The summed E-state index contributed by atoms with van der Waals surface area (Å²) < 4.78 is 16.0. The molecule has 0 spiro atoms. The largest absolute Gasteiger partial charge is 0.299 e. The fourth-order valence-electron chi connectivity index (χ4n) is 2.09. The van der Waals surface area contributed by atoms with Crippen LogP contribution in [0.5, 0.6) is 0 Å². The molecule has 0 unspecified atom stereocenters. The Kier molecular flexibility index (Phi) is 3.80. The van der Waals surface area contributed by atoms with Crippen LogP contribution in [0.4, 0.5) is 4.39 Å². The minimum Gasteiger partial charge on any atom is -0.299 e. The minimum absolute atomic E-state index is 0.0952. The van der Waals surface area contributed by atoms with E-state index in [-0.39, 0.29) is 16.9 Å². The van der Waals surface area contributed by atoms with E-state index in [9.17, 15) is 9.18 Å². The summed E-state index contributed by atoms with van der Waals surface area (Å²) in [6.07, 6.45) is 2.09. The van der Waals surface area contributed by atoms with E-state index in [1.54, 1.807) is 25.1 Å². The maximum atomic E-state index is 14.0. The average Bonchev–Trinajstić information content (AvgIpc) is 3.21. The van der Waals surface area contributed by atoms with E-state index in [0.29, 0.717) is 22.6 Å². The highest BCUT2D eigenvalue weighted by Gasteiger charge is 2.31. The topological polar surface area (TPSA) is 47.8 Å². The van der Waals surface area contributed by atoms with Crippen molar-refractivity contribution >= 4 is 17.5 Å². The van der Waals surface area contributed by atoms with Crippen LogP contribution in [0.1, 0.15) is 32.7 Å². The van der Waals surface area contributed by atoms with Gasteiger partial charge >= 0.3 is 0 Å². The molecule has 0 N–H and O–H groups in total. The Morgan fingerprint density at radius 1 is 1.38 bits per heavy atom. The fourth-order valence-corrected chi connectivity index (χ4v) is 3.01. The lowest BCUT2D eigenvalue weighted by atomic mass is 10.2. The van der Waals surface area contributed by atoms with Crippen molar-refractivity contribution in [2.75, 3.05) is 0 Å². The van der Waals surface area contributed by atoms with E-state index in [1.807, 2.05) is 11.5 Å². The second-order valence-corrected chi connectivity index (χ2v) is 6.57. The summed E-state index contributed by atoms with van der Waals surface area (Å²) in [6, 6.07) is 6.89. The molecular weight excluding hydrogens is 289 g/mol. The number of Topliss-reactive ketones (excluding diaryl/α,β-unsaturated/α-hetero) is 1. The summed E-state index contributed by atoms with van der Waals surface area (Å²) >= 11 is 1.39. The number of aromatic nitrogens is 3. The molecule has 6 heteroatoms. The first kappa shape index (κ1) is 14.3. The lowest BCUT2D eigenvalue weighted by Gasteiger charge is -2.11. The predicted molar refractivity (Wildman–Crippen MR) is 79.7 cm³/mol.